The Hall–Kier alpha value is -2.91. The fourth-order valence-electron chi connectivity index (χ4n) is 6.79. The van der Waals surface area contributed by atoms with Crippen molar-refractivity contribution in [1.29, 1.82) is 0 Å². The number of alkyl halides is 2. The fraction of sp³-hybridized carbons (Fsp3) is 0.519. The predicted molar refractivity (Wildman–Crippen MR) is 136 cm³/mol. The first-order valence-corrected chi connectivity index (χ1v) is 13.5. The standard InChI is InChI=1S/C27H28Cl2N2O7/c1-30-24(37)26(28)13-18-16(21(27(26,29)25(30)38)14-6-8-15(32)9-7-14)10-11-17-20(18)23(36)31(22(17)35)12-4-2-3-5-19(33)34/h6-10,17-18,20-21,32H,2-5,11-13H2,1H3,(H,33,34)/t17-,18+,20-,21-,26+,27-/m0/s1. The lowest BCUT2D eigenvalue weighted by Crippen LogP contribution is -2.60. The Morgan fingerprint density at radius 1 is 1.00 bits per heavy atom. The van der Waals surface area contributed by atoms with Crippen molar-refractivity contribution in [1.82, 2.24) is 9.80 Å². The molecule has 202 valence electrons. The van der Waals surface area contributed by atoms with E-state index in [0.717, 1.165) is 4.90 Å². The van der Waals surface area contributed by atoms with E-state index in [0.29, 0.717) is 30.4 Å². The summed E-state index contributed by atoms with van der Waals surface area (Å²) in [7, 11) is 1.34. The van der Waals surface area contributed by atoms with Crippen molar-refractivity contribution in [2.24, 2.45) is 17.8 Å². The van der Waals surface area contributed by atoms with Crippen molar-refractivity contribution in [2.45, 2.75) is 54.2 Å². The van der Waals surface area contributed by atoms with Gasteiger partial charge in [0, 0.05) is 25.9 Å². The summed E-state index contributed by atoms with van der Waals surface area (Å²) in [6, 6.07) is 6.17. The number of phenols is 1. The summed E-state index contributed by atoms with van der Waals surface area (Å²) >= 11 is 14.1. The van der Waals surface area contributed by atoms with Gasteiger partial charge >= 0.3 is 5.97 Å². The average molecular weight is 563 g/mol. The molecule has 2 saturated heterocycles. The number of carboxylic acids is 1. The highest BCUT2D eigenvalue weighted by Crippen LogP contribution is 2.65. The van der Waals surface area contributed by atoms with Crippen molar-refractivity contribution in [2.75, 3.05) is 13.6 Å². The molecule has 2 aliphatic heterocycles. The molecule has 1 aromatic rings. The maximum absolute atomic E-state index is 13.7. The summed E-state index contributed by atoms with van der Waals surface area (Å²) in [5.41, 5.74) is 1.27. The zero-order valence-electron chi connectivity index (χ0n) is 20.7. The number of likely N-dealkylation sites (tertiary alicyclic amines) is 2. The number of halogens is 2. The molecule has 6 atom stereocenters. The van der Waals surface area contributed by atoms with E-state index in [1.54, 1.807) is 12.1 Å². The van der Waals surface area contributed by atoms with E-state index in [-0.39, 0.29) is 43.4 Å². The molecule has 2 N–H and O–H groups in total. The van der Waals surface area contributed by atoms with Gasteiger partial charge in [-0.25, -0.2) is 0 Å². The first-order valence-electron chi connectivity index (χ1n) is 12.7. The largest absolute Gasteiger partial charge is 0.508 e. The first-order chi connectivity index (χ1) is 17.9. The lowest BCUT2D eigenvalue weighted by molar-refractivity contribution is -0.141. The van der Waals surface area contributed by atoms with Gasteiger partial charge in [-0.3, -0.25) is 33.8 Å². The number of rotatable bonds is 7. The van der Waals surface area contributed by atoms with Crippen molar-refractivity contribution >= 4 is 52.8 Å². The molecule has 1 saturated carbocycles. The molecule has 0 bridgehead atoms. The van der Waals surface area contributed by atoms with Crippen LogP contribution in [0.15, 0.2) is 35.9 Å². The highest BCUT2D eigenvalue weighted by atomic mass is 35.5. The lowest BCUT2D eigenvalue weighted by Gasteiger charge is -2.50. The number of carbonyl (C=O) groups is 5. The van der Waals surface area contributed by atoms with Gasteiger partial charge in [0.2, 0.25) is 11.8 Å². The third-order valence-corrected chi connectivity index (χ3v) is 10.0. The number of hydrogen-bond donors (Lipinski definition) is 2. The van der Waals surface area contributed by atoms with E-state index < -0.39 is 51.2 Å². The molecular formula is C27H28Cl2N2O7. The number of benzene rings is 1. The first kappa shape index (κ1) is 26.7. The summed E-state index contributed by atoms with van der Waals surface area (Å²) < 4.78 is 0. The van der Waals surface area contributed by atoms with E-state index in [1.165, 1.54) is 24.1 Å². The van der Waals surface area contributed by atoms with Crippen LogP contribution in [-0.2, 0) is 24.0 Å². The summed E-state index contributed by atoms with van der Waals surface area (Å²) in [6.07, 6.45) is 3.62. The molecule has 4 amide bonds. The quantitative estimate of drug-likeness (QED) is 0.226. The van der Waals surface area contributed by atoms with Crippen LogP contribution in [0.25, 0.3) is 0 Å². The van der Waals surface area contributed by atoms with Crippen LogP contribution in [0.2, 0.25) is 0 Å². The van der Waals surface area contributed by atoms with Gasteiger partial charge in [0.05, 0.1) is 11.8 Å². The molecule has 2 aliphatic carbocycles. The molecule has 5 rings (SSSR count). The number of allylic oxidation sites excluding steroid dienone is 2. The Morgan fingerprint density at radius 2 is 1.68 bits per heavy atom. The normalized spacial score (nSPS) is 34.2. The minimum absolute atomic E-state index is 0.0149. The van der Waals surface area contributed by atoms with E-state index in [2.05, 4.69) is 0 Å². The van der Waals surface area contributed by atoms with E-state index >= 15 is 0 Å². The lowest BCUT2D eigenvalue weighted by atomic mass is 9.56. The molecule has 3 fully saturated rings. The number of imide groups is 2. The van der Waals surface area contributed by atoms with Gasteiger partial charge in [-0.15, -0.1) is 23.2 Å². The van der Waals surface area contributed by atoms with Crippen LogP contribution in [0, 0.1) is 17.8 Å². The minimum atomic E-state index is -1.85. The number of amides is 4. The Morgan fingerprint density at radius 3 is 2.34 bits per heavy atom. The van der Waals surface area contributed by atoms with E-state index in [9.17, 15) is 29.1 Å². The van der Waals surface area contributed by atoms with Gasteiger partial charge in [-0.05, 0) is 49.3 Å². The van der Waals surface area contributed by atoms with Gasteiger partial charge in [0.1, 0.15) is 5.75 Å². The monoisotopic (exact) mass is 562 g/mol. The SMILES string of the molecule is CN1C(=O)[C@]2(Cl)C[C@@H]3C(=CC[C@@H]4C(=O)N(CCCCCC(=O)O)C(=O)[C@@H]43)[C@H](c3ccc(O)cc3)[C@]2(Cl)C1=O. The van der Waals surface area contributed by atoms with Crippen LogP contribution < -0.4 is 0 Å². The van der Waals surface area contributed by atoms with Gasteiger partial charge in [0.25, 0.3) is 11.8 Å². The number of carboxylic acid groups (broad SMARTS) is 1. The third-order valence-electron chi connectivity index (χ3n) is 8.60. The van der Waals surface area contributed by atoms with Gasteiger partial charge in [-0.1, -0.05) is 30.2 Å². The highest BCUT2D eigenvalue weighted by Gasteiger charge is 2.75. The number of phenolic OH excluding ortho intramolecular Hbond substituents is 1. The van der Waals surface area contributed by atoms with Crippen LogP contribution in [0.5, 0.6) is 5.75 Å². The van der Waals surface area contributed by atoms with Crippen molar-refractivity contribution in [3.63, 3.8) is 0 Å². The molecule has 1 aromatic carbocycles. The molecule has 38 heavy (non-hydrogen) atoms. The van der Waals surface area contributed by atoms with Crippen molar-refractivity contribution in [3.05, 3.63) is 41.5 Å². The topological polar surface area (TPSA) is 132 Å². The minimum Gasteiger partial charge on any atom is -0.508 e. The zero-order chi connectivity index (χ0) is 27.6. The van der Waals surface area contributed by atoms with Crippen LogP contribution in [-0.4, -0.2) is 73.0 Å². The summed E-state index contributed by atoms with van der Waals surface area (Å²) in [5.74, 6) is -5.56. The molecule has 11 heteroatoms. The Kier molecular flexibility index (Phi) is 6.59. The third kappa shape index (κ3) is 3.69. The number of fused-ring (bicyclic) bond motifs is 4. The molecule has 0 spiro atoms. The maximum atomic E-state index is 13.7. The zero-order valence-corrected chi connectivity index (χ0v) is 22.2. The molecule has 0 unspecified atom stereocenters. The number of unbranched alkanes of at least 4 members (excludes halogenated alkanes) is 2. The van der Waals surface area contributed by atoms with E-state index in [4.69, 9.17) is 28.3 Å². The van der Waals surface area contributed by atoms with Gasteiger partial charge in [0.15, 0.2) is 9.75 Å². The number of hydrogen-bond acceptors (Lipinski definition) is 6. The number of carbonyl (C=O) groups excluding carboxylic acids is 4. The second-order valence-corrected chi connectivity index (χ2v) is 11.9. The second-order valence-electron chi connectivity index (χ2n) is 10.6. The van der Waals surface area contributed by atoms with Crippen LogP contribution >= 0.6 is 23.2 Å². The van der Waals surface area contributed by atoms with Crippen LogP contribution in [0.4, 0.5) is 0 Å². The molecule has 2 heterocycles. The van der Waals surface area contributed by atoms with Gasteiger partial charge in [-0.2, -0.15) is 0 Å². The Labute approximate surface area is 229 Å². The van der Waals surface area contributed by atoms with Gasteiger partial charge < -0.3 is 10.2 Å². The number of aromatic hydroxyl groups is 1. The molecule has 0 aromatic heterocycles. The molecule has 4 aliphatic rings. The molecule has 0 radical (unpaired) electrons. The highest BCUT2D eigenvalue weighted by molar-refractivity contribution is 6.53. The maximum Gasteiger partial charge on any atom is 0.303 e. The van der Waals surface area contributed by atoms with Crippen LogP contribution in [0.1, 0.15) is 50.0 Å². The number of nitrogens with zero attached hydrogens (tertiary/aromatic N) is 2. The van der Waals surface area contributed by atoms with Crippen molar-refractivity contribution < 1.29 is 34.2 Å². The summed E-state index contributed by atoms with van der Waals surface area (Å²) in [5, 5.41) is 18.7. The number of aliphatic carboxylic acids is 1. The van der Waals surface area contributed by atoms with Crippen LogP contribution in [0.3, 0.4) is 0 Å². The van der Waals surface area contributed by atoms with Crippen molar-refractivity contribution in [3.8, 4) is 5.75 Å². The Bertz CT molecular complexity index is 1260. The molecule has 9 nitrogen and oxygen atoms in total. The average Bonchev–Trinajstić information content (AvgIpc) is 3.19. The predicted octanol–water partition coefficient (Wildman–Crippen LogP) is 3.03. The Balaban J connectivity index is 1.51. The second kappa shape index (κ2) is 9.38. The fourth-order valence-corrected chi connectivity index (χ4v) is 7.81. The summed E-state index contributed by atoms with van der Waals surface area (Å²) in [4.78, 5) is 63.0. The summed E-state index contributed by atoms with van der Waals surface area (Å²) in [6.45, 7) is 0.194. The smallest absolute Gasteiger partial charge is 0.303 e. The molecular weight excluding hydrogens is 535 g/mol. The van der Waals surface area contributed by atoms with E-state index in [1.807, 2.05) is 6.08 Å².